The Balaban J connectivity index is 1.77. The van der Waals surface area contributed by atoms with Crippen LogP contribution < -0.4 is 15.5 Å². The van der Waals surface area contributed by atoms with Crippen molar-refractivity contribution in [2.45, 2.75) is 33.1 Å². The molecular formula is C22H26N4O4. The van der Waals surface area contributed by atoms with Crippen molar-refractivity contribution in [1.82, 2.24) is 0 Å². The van der Waals surface area contributed by atoms with Crippen molar-refractivity contribution in [2.75, 3.05) is 28.6 Å². The van der Waals surface area contributed by atoms with Crippen LogP contribution in [0.3, 0.4) is 0 Å². The Morgan fingerprint density at radius 3 is 2.30 bits per heavy atom. The number of piperidine rings is 1. The van der Waals surface area contributed by atoms with Gasteiger partial charge in [0.05, 0.1) is 4.92 Å². The van der Waals surface area contributed by atoms with E-state index in [4.69, 9.17) is 0 Å². The second kappa shape index (κ2) is 9.39. The predicted molar refractivity (Wildman–Crippen MR) is 117 cm³/mol. The maximum atomic E-state index is 12.7. The summed E-state index contributed by atoms with van der Waals surface area (Å²) < 4.78 is 0. The molecule has 0 bridgehead atoms. The number of hydrogen-bond donors (Lipinski definition) is 2. The van der Waals surface area contributed by atoms with Crippen LogP contribution in [-0.4, -0.2) is 29.8 Å². The number of nitro benzene ring substituents is 1. The molecule has 2 aromatic carbocycles. The highest BCUT2D eigenvalue weighted by Crippen LogP contribution is 2.31. The second-order valence-corrected chi connectivity index (χ2v) is 7.69. The fraction of sp³-hybridized carbons (Fsp3) is 0.364. The molecule has 0 atom stereocenters. The Hall–Kier alpha value is -3.42. The molecule has 158 valence electrons. The van der Waals surface area contributed by atoms with E-state index in [0.29, 0.717) is 17.1 Å². The Labute approximate surface area is 175 Å². The van der Waals surface area contributed by atoms with Crippen molar-refractivity contribution >= 4 is 34.6 Å². The average Bonchev–Trinajstić information content (AvgIpc) is 2.74. The standard InChI is InChI=1S/C22H26N4O4/c1-15(2)21(27)23-17-7-6-8-18(14-17)24-22(28)16-9-10-19(20(13-16)26(29)30)25-11-4-3-5-12-25/h6-10,13-15H,3-5,11-12H2,1-2H3,(H,23,27)(H,24,28). The first kappa shape index (κ1) is 21.3. The molecule has 2 N–H and O–H groups in total. The lowest BCUT2D eigenvalue weighted by atomic mass is 10.1. The third kappa shape index (κ3) is 5.14. The monoisotopic (exact) mass is 410 g/mol. The molecule has 8 heteroatoms. The zero-order chi connectivity index (χ0) is 21.7. The van der Waals surface area contributed by atoms with E-state index in [0.717, 1.165) is 32.4 Å². The molecular weight excluding hydrogens is 384 g/mol. The minimum atomic E-state index is -0.448. The molecule has 0 aliphatic carbocycles. The molecule has 3 rings (SSSR count). The molecule has 2 amide bonds. The van der Waals surface area contributed by atoms with E-state index in [-0.39, 0.29) is 23.1 Å². The molecule has 1 aliphatic heterocycles. The van der Waals surface area contributed by atoms with Crippen molar-refractivity contribution in [1.29, 1.82) is 0 Å². The SMILES string of the molecule is CC(C)C(=O)Nc1cccc(NC(=O)c2ccc(N3CCCCC3)c([N+](=O)[O-])c2)c1. The number of nitro groups is 1. The van der Waals surface area contributed by atoms with E-state index in [2.05, 4.69) is 10.6 Å². The smallest absolute Gasteiger partial charge is 0.293 e. The summed E-state index contributed by atoms with van der Waals surface area (Å²) in [7, 11) is 0. The minimum Gasteiger partial charge on any atom is -0.366 e. The van der Waals surface area contributed by atoms with Crippen LogP contribution in [0.25, 0.3) is 0 Å². The molecule has 1 saturated heterocycles. The number of rotatable bonds is 6. The van der Waals surface area contributed by atoms with Gasteiger partial charge in [0.2, 0.25) is 5.91 Å². The maximum Gasteiger partial charge on any atom is 0.293 e. The largest absolute Gasteiger partial charge is 0.366 e. The average molecular weight is 410 g/mol. The summed E-state index contributed by atoms with van der Waals surface area (Å²) in [6.45, 7) is 5.14. The Morgan fingerprint density at radius 1 is 1.00 bits per heavy atom. The molecule has 1 fully saturated rings. The molecule has 0 aromatic heterocycles. The number of nitrogens with one attached hydrogen (secondary N) is 2. The van der Waals surface area contributed by atoms with Crippen LogP contribution in [0.1, 0.15) is 43.5 Å². The van der Waals surface area contributed by atoms with Crippen LogP contribution in [-0.2, 0) is 4.79 Å². The third-order valence-corrected chi connectivity index (χ3v) is 5.04. The highest BCUT2D eigenvalue weighted by molar-refractivity contribution is 6.05. The molecule has 0 saturated carbocycles. The third-order valence-electron chi connectivity index (χ3n) is 5.04. The van der Waals surface area contributed by atoms with Crippen molar-refractivity contribution in [3.05, 3.63) is 58.1 Å². The summed E-state index contributed by atoms with van der Waals surface area (Å²) in [6.07, 6.45) is 3.13. The lowest BCUT2D eigenvalue weighted by molar-refractivity contribution is -0.384. The van der Waals surface area contributed by atoms with Crippen LogP contribution in [0.2, 0.25) is 0 Å². The summed E-state index contributed by atoms with van der Waals surface area (Å²) in [6, 6.07) is 11.4. The van der Waals surface area contributed by atoms with Gasteiger partial charge in [0.1, 0.15) is 5.69 Å². The van der Waals surface area contributed by atoms with E-state index >= 15 is 0 Å². The summed E-state index contributed by atoms with van der Waals surface area (Å²) in [5, 5.41) is 17.1. The van der Waals surface area contributed by atoms with E-state index in [1.807, 2.05) is 4.90 Å². The summed E-state index contributed by atoms with van der Waals surface area (Å²) in [4.78, 5) is 37.7. The number of benzene rings is 2. The highest BCUT2D eigenvalue weighted by atomic mass is 16.6. The predicted octanol–water partition coefficient (Wildman–Crippen LogP) is 4.43. The normalized spacial score (nSPS) is 13.8. The molecule has 1 aliphatic rings. The summed E-state index contributed by atoms with van der Waals surface area (Å²) in [5.41, 5.74) is 1.75. The van der Waals surface area contributed by atoms with Gasteiger partial charge >= 0.3 is 0 Å². The fourth-order valence-electron chi connectivity index (χ4n) is 3.38. The molecule has 8 nitrogen and oxygen atoms in total. The summed E-state index contributed by atoms with van der Waals surface area (Å²) >= 11 is 0. The zero-order valence-corrected chi connectivity index (χ0v) is 17.2. The van der Waals surface area contributed by atoms with Crippen LogP contribution >= 0.6 is 0 Å². The van der Waals surface area contributed by atoms with Crippen molar-refractivity contribution in [3.8, 4) is 0 Å². The van der Waals surface area contributed by atoms with Gasteiger partial charge in [-0.15, -0.1) is 0 Å². The van der Waals surface area contributed by atoms with Gasteiger partial charge in [0, 0.05) is 42.0 Å². The van der Waals surface area contributed by atoms with Gasteiger partial charge in [-0.25, -0.2) is 0 Å². The van der Waals surface area contributed by atoms with Crippen molar-refractivity contribution in [3.63, 3.8) is 0 Å². The fourth-order valence-corrected chi connectivity index (χ4v) is 3.38. The van der Waals surface area contributed by atoms with Crippen LogP contribution in [0.5, 0.6) is 0 Å². The quantitative estimate of drug-likeness (QED) is 0.541. The topological polar surface area (TPSA) is 105 Å². The van der Waals surface area contributed by atoms with Crippen LogP contribution in [0, 0.1) is 16.0 Å². The van der Waals surface area contributed by atoms with E-state index in [1.165, 1.54) is 6.07 Å². The number of carbonyl (C=O) groups excluding carboxylic acids is 2. The number of nitrogens with zero attached hydrogens (tertiary/aromatic N) is 2. The maximum absolute atomic E-state index is 12.7. The van der Waals surface area contributed by atoms with E-state index in [1.54, 1.807) is 50.2 Å². The Morgan fingerprint density at radius 2 is 1.67 bits per heavy atom. The van der Waals surface area contributed by atoms with Gasteiger partial charge in [-0.3, -0.25) is 19.7 Å². The first-order chi connectivity index (χ1) is 14.3. The molecule has 0 spiro atoms. The molecule has 0 radical (unpaired) electrons. The van der Waals surface area contributed by atoms with Gasteiger partial charge in [0.15, 0.2) is 0 Å². The summed E-state index contributed by atoms with van der Waals surface area (Å²) in [5.74, 6) is -0.736. The van der Waals surface area contributed by atoms with E-state index in [9.17, 15) is 19.7 Å². The molecule has 2 aromatic rings. The van der Waals surface area contributed by atoms with Gasteiger partial charge in [-0.2, -0.15) is 0 Å². The lowest BCUT2D eigenvalue weighted by Gasteiger charge is -2.28. The Kier molecular flexibility index (Phi) is 6.66. The van der Waals surface area contributed by atoms with Crippen molar-refractivity contribution < 1.29 is 14.5 Å². The van der Waals surface area contributed by atoms with Gasteiger partial charge in [-0.05, 0) is 49.6 Å². The van der Waals surface area contributed by atoms with Crippen LogP contribution in [0.15, 0.2) is 42.5 Å². The number of hydrogen-bond acceptors (Lipinski definition) is 5. The number of anilines is 3. The number of amides is 2. The van der Waals surface area contributed by atoms with Gasteiger partial charge in [0.25, 0.3) is 11.6 Å². The Bertz CT molecular complexity index is 952. The van der Waals surface area contributed by atoms with Crippen LogP contribution in [0.4, 0.5) is 22.7 Å². The van der Waals surface area contributed by atoms with Gasteiger partial charge in [-0.1, -0.05) is 19.9 Å². The zero-order valence-electron chi connectivity index (χ0n) is 17.2. The van der Waals surface area contributed by atoms with Gasteiger partial charge < -0.3 is 15.5 Å². The van der Waals surface area contributed by atoms with Crippen molar-refractivity contribution in [2.24, 2.45) is 5.92 Å². The first-order valence-corrected chi connectivity index (χ1v) is 10.1. The highest BCUT2D eigenvalue weighted by Gasteiger charge is 2.23. The van der Waals surface area contributed by atoms with E-state index < -0.39 is 10.8 Å². The first-order valence-electron chi connectivity index (χ1n) is 10.1. The minimum absolute atomic E-state index is 0.0671. The second-order valence-electron chi connectivity index (χ2n) is 7.69. The lowest BCUT2D eigenvalue weighted by Crippen LogP contribution is -2.30. The molecule has 1 heterocycles. The molecule has 0 unspecified atom stereocenters. The number of carbonyl (C=O) groups is 2. The molecule has 30 heavy (non-hydrogen) atoms.